The van der Waals surface area contributed by atoms with Gasteiger partial charge in [-0.25, -0.2) is 0 Å². The van der Waals surface area contributed by atoms with Gasteiger partial charge in [0, 0.05) is 11.0 Å². The Labute approximate surface area is 96.2 Å². The molecule has 5 atom stereocenters. The van der Waals surface area contributed by atoms with E-state index in [1.54, 1.807) is 6.92 Å². The van der Waals surface area contributed by atoms with Crippen molar-refractivity contribution < 1.29 is 24.8 Å². The lowest BCUT2D eigenvalue weighted by Crippen LogP contribution is -2.58. The van der Waals surface area contributed by atoms with Crippen LogP contribution in [0.25, 0.3) is 0 Å². The monoisotopic (exact) mass is 314 g/mol. The molecule has 0 bridgehead atoms. The van der Waals surface area contributed by atoms with Crippen LogP contribution < -0.4 is 0 Å². The van der Waals surface area contributed by atoms with Crippen LogP contribution in [0.2, 0.25) is 0 Å². The molecule has 1 saturated heterocycles. The van der Waals surface area contributed by atoms with E-state index in [-0.39, 0.29) is 0 Å². The average molecular weight is 314 g/mol. The second-order valence-corrected chi connectivity index (χ2v) is 4.01. The van der Waals surface area contributed by atoms with Gasteiger partial charge in [0.25, 0.3) is 0 Å². The van der Waals surface area contributed by atoms with Crippen molar-refractivity contribution in [3.63, 3.8) is 0 Å². The lowest BCUT2D eigenvalue weighted by molar-refractivity contribution is -0.290. The Morgan fingerprint density at radius 1 is 1.21 bits per heavy atom. The lowest BCUT2D eigenvalue weighted by Gasteiger charge is -2.39. The first-order chi connectivity index (χ1) is 6.61. The molecule has 0 radical (unpaired) electrons. The first kappa shape index (κ1) is 12.6. The zero-order valence-corrected chi connectivity index (χ0v) is 9.99. The summed E-state index contributed by atoms with van der Waals surface area (Å²) in [4.78, 5) is 0. The average Bonchev–Trinajstić information content (AvgIpc) is 2.19. The summed E-state index contributed by atoms with van der Waals surface area (Å²) in [6, 6.07) is 0. The van der Waals surface area contributed by atoms with Gasteiger partial charge in [0.05, 0.1) is 6.10 Å². The number of hydrogen-bond donors (Lipinski definition) is 3. The Bertz CT molecular complexity index is 175. The summed E-state index contributed by atoms with van der Waals surface area (Å²) in [7, 11) is 0. The van der Waals surface area contributed by atoms with Gasteiger partial charge in [-0.15, -0.1) is 0 Å². The van der Waals surface area contributed by atoms with Crippen LogP contribution in [-0.2, 0) is 9.47 Å². The fraction of sp³-hybridized carbons (Fsp3) is 1.00. The van der Waals surface area contributed by atoms with Crippen LogP contribution in [0.4, 0.5) is 0 Å². The standard InChI is InChI=1S/C8H15IO5/c1-2-13-8-7(12)6(11)5(10)4(3-9)14-8/h4-8,10-12H,2-3H2,1H3/t4-,5-,6+,7+,8?/m1/s1/i9-4. The molecule has 1 unspecified atom stereocenters. The highest BCUT2D eigenvalue weighted by molar-refractivity contribution is 14.1. The molecule has 0 amide bonds. The number of alkyl halides is 1. The zero-order valence-electron chi connectivity index (χ0n) is 7.84. The molecule has 1 rings (SSSR count). The van der Waals surface area contributed by atoms with Gasteiger partial charge in [-0.3, -0.25) is 0 Å². The van der Waals surface area contributed by atoms with Gasteiger partial charge in [-0.2, -0.15) is 0 Å². The Kier molecular flexibility index (Phi) is 5.01. The SMILES string of the molecule is CCOC1O[C@H](C[123I])[C@@H](O)[C@H](O)[C@@H]1O. The molecule has 0 aromatic rings. The molecular formula is C8H15IO5. The van der Waals surface area contributed by atoms with Gasteiger partial charge in [0.1, 0.15) is 18.3 Å². The minimum Gasteiger partial charge on any atom is -0.388 e. The predicted molar refractivity (Wildman–Crippen MR) is 57.2 cm³/mol. The maximum Gasteiger partial charge on any atom is 0.186 e. The van der Waals surface area contributed by atoms with Crippen molar-refractivity contribution in [1.82, 2.24) is 0 Å². The van der Waals surface area contributed by atoms with Crippen LogP contribution in [0.3, 0.4) is 0 Å². The third-order valence-corrected chi connectivity index (χ3v) is 3.02. The third kappa shape index (κ3) is 2.56. The van der Waals surface area contributed by atoms with E-state index in [2.05, 4.69) is 0 Å². The van der Waals surface area contributed by atoms with Crippen LogP contribution in [-0.4, -0.2) is 57.1 Å². The van der Waals surface area contributed by atoms with Crippen LogP contribution >= 0.6 is 22.6 Å². The number of hydrogen-bond acceptors (Lipinski definition) is 5. The summed E-state index contributed by atoms with van der Waals surface area (Å²) in [5.74, 6) is 0. The van der Waals surface area contributed by atoms with Crippen LogP contribution in [0.15, 0.2) is 0 Å². The Morgan fingerprint density at radius 2 is 1.86 bits per heavy atom. The van der Waals surface area contributed by atoms with E-state index >= 15 is 0 Å². The molecule has 3 N–H and O–H groups in total. The number of aliphatic hydroxyl groups excluding tert-OH is 3. The van der Waals surface area contributed by atoms with Gasteiger partial charge in [0.2, 0.25) is 0 Å². The Hall–Kier alpha value is 0.530. The molecule has 0 aromatic carbocycles. The van der Waals surface area contributed by atoms with Gasteiger partial charge in [0.15, 0.2) is 6.29 Å². The first-order valence-electron chi connectivity index (χ1n) is 4.49. The molecule has 6 heteroatoms. The summed E-state index contributed by atoms with van der Waals surface area (Å²) < 4.78 is 10.9. The smallest absolute Gasteiger partial charge is 0.186 e. The topological polar surface area (TPSA) is 79.2 Å². The second-order valence-electron chi connectivity index (χ2n) is 3.12. The fourth-order valence-corrected chi connectivity index (χ4v) is 2.07. The second kappa shape index (κ2) is 5.57. The Morgan fingerprint density at radius 3 is 2.36 bits per heavy atom. The highest BCUT2D eigenvalue weighted by Crippen LogP contribution is 2.23. The van der Waals surface area contributed by atoms with Gasteiger partial charge < -0.3 is 24.8 Å². The molecule has 1 heterocycles. The molecule has 1 aliphatic heterocycles. The maximum absolute atomic E-state index is 9.50. The number of aliphatic hydroxyl groups is 3. The number of ether oxygens (including phenoxy) is 2. The lowest BCUT2D eigenvalue weighted by atomic mass is 10.0. The molecule has 14 heavy (non-hydrogen) atoms. The zero-order chi connectivity index (χ0) is 10.7. The molecule has 0 spiro atoms. The van der Waals surface area contributed by atoms with Crippen molar-refractivity contribution >= 4 is 22.6 Å². The molecule has 1 fully saturated rings. The highest BCUT2D eigenvalue weighted by atomic mass is 123. The van der Waals surface area contributed by atoms with Gasteiger partial charge >= 0.3 is 0 Å². The van der Waals surface area contributed by atoms with E-state index in [0.29, 0.717) is 11.0 Å². The molecule has 1 aliphatic rings. The molecule has 0 aromatic heterocycles. The molecular weight excluding hydrogens is 299 g/mol. The summed E-state index contributed by atoms with van der Waals surface area (Å²) in [5, 5.41) is 28.5. The van der Waals surface area contributed by atoms with Crippen molar-refractivity contribution in [2.75, 3.05) is 11.0 Å². The normalized spacial score (nSPS) is 43.9. The fourth-order valence-electron chi connectivity index (χ4n) is 1.35. The van der Waals surface area contributed by atoms with E-state index in [4.69, 9.17) is 9.47 Å². The van der Waals surface area contributed by atoms with Crippen molar-refractivity contribution in [1.29, 1.82) is 0 Å². The first-order valence-corrected chi connectivity index (χ1v) is 6.01. The summed E-state index contributed by atoms with van der Waals surface area (Å²) in [6.07, 6.45) is -4.80. The molecule has 0 saturated carbocycles. The summed E-state index contributed by atoms with van der Waals surface area (Å²) in [6.45, 7) is 2.16. The summed E-state index contributed by atoms with van der Waals surface area (Å²) in [5.41, 5.74) is 0. The maximum atomic E-state index is 9.50. The van der Waals surface area contributed by atoms with Crippen LogP contribution in [0.1, 0.15) is 6.92 Å². The van der Waals surface area contributed by atoms with E-state index < -0.39 is 30.7 Å². The van der Waals surface area contributed by atoms with E-state index in [1.807, 2.05) is 22.6 Å². The predicted octanol–water partition coefficient (Wildman–Crippen LogP) is -0.734. The largest absolute Gasteiger partial charge is 0.388 e. The minimum absolute atomic E-state index is 0.387. The van der Waals surface area contributed by atoms with Gasteiger partial charge in [-0.1, -0.05) is 22.6 Å². The van der Waals surface area contributed by atoms with Crippen LogP contribution in [0, 0.1) is 0 Å². The molecule has 84 valence electrons. The van der Waals surface area contributed by atoms with Crippen molar-refractivity contribution in [3.8, 4) is 0 Å². The van der Waals surface area contributed by atoms with Crippen molar-refractivity contribution in [3.05, 3.63) is 0 Å². The van der Waals surface area contributed by atoms with Crippen LogP contribution in [0.5, 0.6) is 0 Å². The van der Waals surface area contributed by atoms with Crippen molar-refractivity contribution in [2.24, 2.45) is 0 Å². The van der Waals surface area contributed by atoms with E-state index in [1.165, 1.54) is 0 Å². The third-order valence-electron chi connectivity index (χ3n) is 2.15. The van der Waals surface area contributed by atoms with E-state index in [9.17, 15) is 15.3 Å². The quantitative estimate of drug-likeness (QED) is 0.473. The summed E-state index contributed by atoms with van der Waals surface area (Å²) >= 11 is 2.04. The van der Waals surface area contributed by atoms with Crippen molar-refractivity contribution in [2.45, 2.75) is 37.6 Å². The Balaban J connectivity index is 2.63. The number of halogens is 1. The number of rotatable bonds is 3. The van der Waals surface area contributed by atoms with Gasteiger partial charge in [-0.05, 0) is 6.92 Å². The molecule has 5 nitrogen and oxygen atoms in total. The minimum atomic E-state index is -1.21. The highest BCUT2D eigenvalue weighted by Gasteiger charge is 2.43. The van der Waals surface area contributed by atoms with E-state index in [0.717, 1.165) is 0 Å². The molecule has 0 aliphatic carbocycles.